The van der Waals surface area contributed by atoms with Crippen molar-refractivity contribution in [3.05, 3.63) is 108 Å². The lowest BCUT2D eigenvalue weighted by Crippen LogP contribution is -2.39. The van der Waals surface area contributed by atoms with Gasteiger partial charge in [0.05, 0.1) is 37.6 Å². The summed E-state index contributed by atoms with van der Waals surface area (Å²) in [5, 5.41) is 10.00. The number of aromatic nitrogens is 1. The SMILES string of the molecule is COc1cc(C=c2sc3n(c2=O)C(c2cccc(OC)c2OC)C2=C(N=3)c3ccccc3CC2)ccc1O. The van der Waals surface area contributed by atoms with E-state index in [-0.39, 0.29) is 11.3 Å². The van der Waals surface area contributed by atoms with Crippen molar-refractivity contribution in [3.63, 3.8) is 0 Å². The summed E-state index contributed by atoms with van der Waals surface area (Å²) in [4.78, 5) is 19.7. The molecule has 0 spiro atoms. The highest BCUT2D eigenvalue weighted by Crippen LogP contribution is 2.45. The molecule has 1 atom stereocenters. The third-order valence-electron chi connectivity index (χ3n) is 7.10. The number of methoxy groups -OCH3 is 3. The molecule has 1 aliphatic carbocycles. The molecule has 0 fully saturated rings. The fraction of sp³-hybridized carbons (Fsp3) is 0.200. The van der Waals surface area contributed by atoms with Crippen LogP contribution in [0.1, 0.15) is 34.7 Å². The van der Waals surface area contributed by atoms with Gasteiger partial charge in [-0.3, -0.25) is 9.36 Å². The number of aryl methyl sites for hydroxylation is 1. The van der Waals surface area contributed by atoms with Crippen LogP contribution in [0.4, 0.5) is 0 Å². The first kappa shape index (κ1) is 24.1. The topological polar surface area (TPSA) is 82.3 Å². The normalized spacial score (nSPS) is 16.3. The Hall–Kier alpha value is -4.30. The Morgan fingerprint density at radius 1 is 0.974 bits per heavy atom. The number of nitrogens with zero attached hydrogens (tertiary/aromatic N) is 2. The van der Waals surface area contributed by atoms with Crippen LogP contribution in [0, 0.1) is 0 Å². The zero-order chi connectivity index (χ0) is 26.4. The number of ether oxygens (including phenoxy) is 3. The summed E-state index contributed by atoms with van der Waals surface area (Å²) in [7, 11) is 4.73. The minimum Gasteiger partial charge on any atom is -0.504 e. The molecule has 38 heavy (non-hydrogen) atoms. The van der Waals surface area contributed by atoms with E-state index in [1.165, 1.54) is 24.0 Å². The van der Waals surface area contributed by atoms with Gasteiger partial charge in [0.15, 0.2) is 27.8 Å². The van der Waals surface area contributed by atoms with Gasteiger partial charge in [-0.2, -0.15) is 0 Å². The number of allylic oxidation sites excluding steroid dienone is 1. The summed E-state index contributed by atoms with van der Waals surface area (Å²) < 4.78 is 19.0. The summed E-state index contributed by atoms with van der Waals surface area (Å²) in [6, 6.07) is 18.7. The fourth-order valence-electron chi connectivity index (χ4n) is 5.36. The molecule has 6 rings (SSSR count). The smallest absolute Gasteiger partial charge is 0.271 e. The average Bonchev–Trinajstić information content (AvgIpc) is 3.26. The van der Waals surface area contributed by atoms with E-state index in [0.717, 1.165) is 40.8 Å². The van der Waals surface area contributed by atoms with Crippen molar-refractivity contribution in [1.82, 2.24) is 4.57 Å². The molecule has 4 aromatic rings. The number of rotatable bonds is 5. The van der Waals surface area contributed by atoms with Gasteiger partial charge < -0.3 is 19.3 Å². The molecule has 0 saturated heterocycles. The van der Waals surface area contributed by atoms with Crippen molar-refractivity contribution >= 4 is 23.1 Å². The fourth-order valence-corrected chi connectivity index (χ4v) is 6.36. The van der Waals surface area contributed by atoms with Crippen molar-refractivity contribution in [2.45, 2.75) is 18.9 Å². The Morgan fingerprint density at radius 3 is 2.58 bits per heavy atom. The molecule has 1 aromatic heterocycles. The average molecular weight is 527 g/mol. The molecule has 1 N–H and O–H groups in total. The van der Waals surface area contributed by atoms with Gasteiger partial charge in [-0.25, -0.2) is 4.99 Å². The highest BCUT2D eigenvalue weighted by molar-refractivity contribution is 7.07. The van der Waals surface area contributed by atoms with Crippen LogP contribution in [0.3, 0.4) is 0 Å². The van der Waals surface area contributed by atoms with Gasteiger partial charge >= 0.3 is 0 Å². The van der Waals surface area contributed by atoms with E-state index in [0.29, 0.717) is 26.6 Å². The van der Waals surface area contributed by atoms with Gasteiger partial charge in [0.2, 0.25) is 0 Å². The molecular formula is C30H26N2O5S. The Balaban J connectivity index is 1.64. The number of benzene rings is 3. The lowest BCUT2D eigenvalue weighted by atomic mass is 9.83. The van der Waals surface area contributed by atoms with Crippen molar-refractivity contribution in [3.8, 4) is 23.0 Å². The van der Waals surface area contributed by atoms with Crippen LogP contribution in [-0.4, -0.2) is 31.0 Å². The Bertz CT molecular complexity index is 1780. The number of fused-ring (bicyclic) bond motifs is 3. The zero-order valence-electron chi connectivity index (χ0n) is 21.2. The van der Waals surface area contributed by atoms with Crippen molar-refractivity contribution in [1.29, 1.82) is 0 Å². The van der Waals surface area contributed by atoms with Crippen LogP contribution in [0.2, 0.25) is 0 Å². The van der Waals surface area contributed by atoms with Crippen LogP contribution in [-0.2, 0) is 6.42 Å². The lowest BCUT2D eigenvalue weighted by molar-refractivity contribution is 0.348. The van der Waals surface area contributed by atoms with E-state index >= 15 is 0 Å². The minimum atomic E-state index is -0.392. The van der Waals surface area contributed by atoms with E-state index < -0.39 is 6.04 Å². The number of thiazole rings is 1. The van der Waals surface area contributed by atoms with E-state index in [1.807, 2.05) is 30.3 Å². The molecule has 8 heteroatoms. The van der Waals surface area contributed by atoms with Gasteiger partial charge in [-0.05, 0) is 53.8 Å². The van der Waals surface area contributed by atoms with E-state index in [1.54, 1.807) is 37.0 Å². The molecular weight excluding hydrogens is 500 g/mol. The van der Waals surface area contributed by atoms with E-state index in [4.69, 9.17) is 19.2 Å². The highest BCUT2D eigenvalue weighted by Gasteiger charge is 2.34. The van der Waals surface area contributed by atoms with Gasteiger partial charge in [0.1, 0.15) is 0 Å². The van der Waals surface area contributed by atoms with Crippen molar-refractivity contribution < 1.29 is 19.3 Å². The molecule has 2 aliphatic rings. The van der Waals surface area contributed by atoms with Crippen LogP contribution < -0.4 is 29.1 Å². The third-order valence-corrected chi connectivity index (χ3v) is 8.09. The maximum absolute atomic E-state index is 14.0. The number of para-hydroxylation sites is 1. The summed E-state index contributed by atoms with van der Waals surface area (Å²) in [5.41, 5.74) is 5.81. The monoisotopic (exact) mass is 526 g/mol. The molecule has 0 saturated carbocycles. The largest absolute Gasteiger partial charge is 0.504 e. The highest BCUT2D eigenvalue weighted by atomic mass is 32.1. The summed E-state index contributed by atoms with van der Waals surface area (Å²) >= 11 is 1.35. The summed E-state index contributed by atoms with van der Waals surface area (Å²) in [5.74, 6) is 1.60. The second-order valence-corrected chi connectivity index (χ2v) is 10.1. The second-order valence-electron chi connectivity index (χ2n) is 9.13. The predicted molar refractivity (Wildman–Crippen MR) is 147 cm³/mol. The number of hydrogen-bond donors (Lipinski definition) is 1. The molecule has 192 valence electrons. The lowest BCUT2D eigenvalue weighted by Gasteiger charge is -2.31. The summed E-state index contributed by atoms with van der Waals surface area (Å²) in [6.45, 7) is 0. The quantitative estimate of drug-likeness (QED) is 0.424. The Labute approximate surface area is 223 Å². The first-order valence-corrected chi connectivity index (χ1v) is 13.1. The maximum Gasteiger partial charge on any atom is 0.271 e. The molecule has 3 aromatic carbocycles. The van der Waals surface area contributed by atoms with Crippen LogP contribution in [0.15, 0.2) is 76.0 Å². The van der Waals surface area contributed by atoms with Crippen molar-refractivity contribution in [2.24, 2.45) is 4.99 Å². The van der Waals surface area contributed by atoms with Crippen molar-refractivity contribution in [2.75, 3.05) is 21.3 Å². The molecule has 1 aliphatic heterocycles. The molecule has 2 heterocycles. The van der Waals surface area contributed by atoms with Crippen LogP contribution >= 0.6 is 11.3 Å². The van der Waals surface area contributed by atoms with Gasteiger partial charge in [0.25, 0.3) is 5.56 Å². The number of aromatic hydroxyl groups is 1. The number of hydrogen-bond acceptors (Lipinski definition) is 7. The molecule has 0 amide bonds. The van der Waals surface area contributed by atoms with Gasteiger partial charge in [0, 0.05) is 11.1 Å². The third kappa shape index (κ3) is 3.80. The minimum absolute atomic E-state index is 0.0440. The second kappa shape index (κ2) is 9.54. The zero-order valence-corrected chi connectivity index (χ0v) is 22.0. The molecule has 1 unspecified atom stereocenters. The number of phenolic OH excluding ortho intramolecular Hbond substituents is 1. The molecule has 0 radical (unpaired) electrons. The Morgan fingerprint density at radius 2 is 1.79 bits per heavy atom. The first-order valence-electron chi connectivity index (χ1n) is 12.2. The van der Waals surface area contributed by atoms with E-state index in [2.05, 4.69) is 18.2 Å². The standard InChI is InChI=1S/C30H26N2O5S/c1-35-23-10-6-9-21(28(23)37-3)27-20-13-12-18-7-4-5-8-19(18)26(20)31-30-32(27)29(34)25(38-30)16-17-11-14-22(33)24(15-17)36-2/h4-11,14-16,27,33H,12-13H2,1-3H3. The number of phenols is 1. The van der Waals surface area contributed by atoms with Gasteiger partial charge in [-0.15, -0.1) is 0 Å². The van der Waals surface area contributed by atoms with Crippen LogP contribution in [0.5, 0.6) is 23.0 Å². The molecule has 7 nitrogen and oxygen atoms in total. The maximum atomic E-state index is 14.0. The van der Waals surface area contributed by atoms with E-state index in [9.17, 15) is 9.90 Å². The predicted octanol–water partition coefficient (Wildman–Crippen LogP) is 4.05. The van der Waals surface area contributed by atoms with Crippen LogP contribution in [0.25, 0.3) is 11.8 Å². The molecule has 0 bridgehead atoms. The Kier molecular flexibility index (Phi) is 6.04. The first-order chi connectivity index (χ1) is 18.5. The summed E-state index contributed by atoms with van der Waals surface area (Å²) in [6.07, 6.45) is 3.45. The van der Waals surface area contributed by atoms with Gasteiger partial charge in [-0.1, -0.05) is 53.8 Å².